The second kappa shape index (κ2) is 9.76. The number of piperidine rings is 2. The summed E-state index contributed by atoms with van der Waals surface area (Å²) in [5.74, 6) is 1.13. The van der Waals surface area contributed by atoms with E-state index in [1.54, 1.807) is 28.8 Å². The van der Waals surface area contributed by atoms with Gasteiger partial charge in [0, 0.05) is 36.9 Å². The number of halogens is 1. The first kappa shape index (κ1) is 25.0. The highest BCUT2D eigenvalue weighted by atomic mass is 32.2. The molecule has 0 amide bonds. The van der Waals surface area contributed by atoms with Crippen LogP contribution in [0.1, 0.15) is 37.2 Å². The number of sulfone groups is 1. The highest BCUT2D eigenvalue weighted by molar-refractivity contribution is 7.90. The maximum Gasteiger partial charge on any atom is 0.175 e. The number of aromatic nitrogens is 2. The van der Waals surface area contributed by atoms with E-state index in [4.69, 9.17) is 9.72 Å². The first-order valence-electron chi connectivity index (χ1n) is 13.3. The number of nitrogens with zero attached hydrogens (tertiary/aromatic N) is 3. The Bertz CT molecular complexity index is 1400. The van der Waals surface area contributed by atoms with Crippen LogP contribution in [-0.4, -0.2) is 74.1 Å². The van der Waals surface area contributed by atoms with Crippen LogP contribution < -0.4 is 5.32 Å². The molecule has 3 aliphatic rings. The molecule has 6 rings (SSSR count). The molecule has 3 aliphatic heterocycles. The number of hydrogen-bond acceptors (Lipinski definition) is 6. The number of hydrogen-bond donors (Lipinski definition) is 1. The number of rotatable bonds is 5. The molecule has 3 saturated heterocycles. The minimum Gasteiger partial charge on any atom is -0.381 e. The minimum absolute atomic E-state index is 0.167. The molecular formula is C28H35FN4O3S. The number of aryl methyl sites for hydroxylation is 1. The summed E-state index contributed by atoms with van der Waals surface area (Å²) in [4.78, 5) is 7.67. The van der Waals surface area contributed by atoms with E-state index in [1.807, 2.05) is 19.2 Å². The third kappa shape index (κ3) is 4.60. The monoisotopic (exact) mass is 526 g/mol. The molecule has 0 radical (unpaired) electrons. The Balaban J connectivity index is 1.30. The quantitative estimate of drug-likeness (QED) is 0.546. The molecule has 3 aromatic rings. The minimum atomic E-state index is -3.28. The molecule has 9 heteroatoms. The number of ether oxygens (including phenoxy) is 1. The van der Waals surface area contributed by atoms with Gasteiger partial charge in [0.05, 0.1) is 23.6 Å². The van der Waals surface area contributed by atoms with Crippen molar-refractivity contribution in [3.63, 3.8) is 0 Å². The van der Waals surface area contributed by atoms with Gasteiger partial charge in [-0.15, -0.1) is 0 Å². The summed E-state index contributed by atoms with van der Waals surface area (Å²) in [5, 5.41) is 3.48. The molecule has 0 saturated carbocycles. The van der Waals surface area contributed by atoms with E-state index in [2.05, 4.69) is 10.2 Å². The third-order valence-corrected chi connectivity index (χ3v) is 9.79. The van der Waals surface area contributed by atoms with Gasteiger partial charge in [0.25, 0.3) is 0 Å². The Labute approximate surface area is 217 Å². The van der Waals surface area contributed by atoms with E-state index >= 15 is 4.39 Å². The fraction of sp³-hybridized carbons (Fsp3) is 0.536. The zero-order chi connectivity index (χ0) is 25.7. The molecule has 2 aromatic carbocycles. The van der Waals surface area contributed by atoms with Crippen LogP contribution in [0.15, 0.2) is 41.3 Å². The van der Waals surface area contributed by atoms with Crippen LogP contribution in [0.25, 0.3) is 22.4 Å². The maximum atomic E-state index is 16.2. The summed E-state index contributed by atoms with van der Waals surface area (Å²) in [6, 6.07) is 11.5. The predicted molar refractivity (Wildman–Crippen MR) is 142 cm³/mol. The molecule has 1 aromatic heterocycles. The number of likely N-dealkylation sites (tertiary alicyclic amines) is 1. The molecule has 4 heterocycles. The molecule has 0 bridgehead atoms. The fourth-order valence-electron chi connectivity index (χ4n) is 6.53. The van der Waals surface area contributed by atoms with Crippen molar-refractivity contribution in [1.29, 1.82) is 0 Å². The zero-order valence-electron chi connectivity index (χ0n) is 21.5. The normalized spacial score (nSPS) is 24.4. The van der Waals surface area contributed by atoms with Crippen molar-refractivity contribution in [3.05, 3.63) is 47.8 Å². The highest BCUT2D eigenvalue weighted by Crippen LogP contribution is 2.41. The van der Waals surface area contributed by atoms with Gasteiger partial charge in [-0.2, -0.15) is 0 Å². The van der Waals surface area contributed by atoms with E-state index in [0.717, 1.165) is 56.8 Å². The van der Waals surface area contributed by atoms with Crippen molar-refractivity contribution in [1.82, 2.24) is 19.8 Å². The van der Waals surface area contributed by atoms with E-state index in [9.17, 15) is 8.42 Å². The standard InChI is InChI=1S/C28H35FN4O3S/c1-32-27-24(31-28(32)18-3-5-22(6-4-18)37(2,34)35)8-7-23(26(27)29)19-11-14-33(21-9-12-30-13-10-21)25(15-19)20-16-36-17-20/h3-8,19-21,25,30H,9-17H2,1-2H3/t19?,25-/m1/s1. The van der Waals surface area contributed by atoms with E-state index < -0.39 is 9.84 Å². The van der Waals surface area contributed by atoms with Gasteiger partial charge < -0.3 is 14.6 Å². The summed E-state index contributed by atoms with van der Waals surface area (Å²) in [5.41, 5.74) is 2.66. The van der Waals surface area contributed by atoms with Crippen molar-refractivity contribution in [2.45, 2.75) is 48.6 Å². The Morgan fingerprint density at radius 2 is 1.78 bits per heavy atom. The Morgan fingerprint density at radius 3 is 2.43 bits per heavy atom. The van der Waals surface area contributed by atoms with Gasteiger partial charge >= 0.3 is 0 Å². The van der Waals surface area contributed by atoms with Crippen LogP contribution in [0.2, 0.25) is 0 Å². The van der Waals surface area contributed by atoms with Crippen LogP contribution in [0.3, 0.4) is 0 Å². The number of benzene rings is 2. The second-order valence-electron chi connectivity index (χ2n) is 10.9. The lowest BCUT2D eigenvalue weighted by molar-refractivity contribution is -0.0958. The SMILES string of the molecule is Cn1c(-c2ccc(S(C)(=O)=O)cc2)nc2ccc(C3CCN(C4CCNCC4)[C@@H](C4COC4)C3)c(F)c21. The molecular weight excluding hydrogens is 491 g/mol. The van der Waals surface area contributed by atoms with E-state index in [-0.39, 0.29) is 16.6 Å². The molecule has 1 unspecified atom stereocenters. The van der Waals surface area contributed by atoms with Gasteiger partial charge in [0.2, 0.25) is 0 Å². The second-order valence-corrected chi connectivity index (χ2v) is 12.9. The van der Waals surface area contributed by atoms with Crippen molar-refractivity contribution < 1.29 is 17.5 Å². The number of imidazole rings is 1. The first-order valence-corrected chi connectivity index (χ1v) is 15.2. The molecule has 2 atom stereocenters. The number of fused-ring (bicyclic) bond motifs is 1. The summed E-state index contributed by atoms with van der Waals surface area (Å²) in [6.07, 6.45) is 5.45. The third-order valence-electron chi connectivity index (χ3n) is 8.66. The van der Waals surface area contributed by atoms with Crippen molar-refractivity contribution in [2.75, 3.05) is 39.1 Å². The van der Waals surface area contributed by atoms with Crippen LogP contribution in [0.5, 0.6) is 0 Å². The summed E-state index contributed by atoms with van der Waals surface area (Å²) in [7, 11) is -1.45. The average Bonchev–Trinajstić information content (AvgIpc) is 3.20. The summed E-state index contributed by atoms with van der Waals surface area (Å²) >= 11 is 0. The van der Waals surface area contributed by atoms with Crippen molar-refractivity contribution in [3.8, 4) is 11.4 Å². The summed E-state index contributed by atoms with van der Waals surface area (Å²) < 4.78 is 47.2. The Kier molecular flexibility index (Phi) is 6.59. The predicted octanol–water partition coefficient (Wildman–Crippen LogP) is 3.73. The lowest BCUT2D eigenvalue weighted by atomic mass is 9.78. The Morgan fingerprint density at radius 1 is 1.05 bits per heavy atom. The topological polar surface area (TPSA) is 76.5 Å². The maximum absolute atomic E-state index is 16.2. The lowest BCUT2D eigenvalue weighted by Crippen LogP contribution is -2.57. The Hall–Kier alpha value is -2.33. The van der Waals surface area contributed by atoms with Gasteiger partial charge in [-0.25, -0.2) is 17.8 Å². The number of nitrogens with one attached hydrogen (secondary N) is 1. The van der Waals surface area contributed by atoms with Gasteiger partial charge in [0.1, 0.15) is 11.3 Å². The van der Waals surface area contributed by atoms with Gasteiger partial charge in [-0.05, 0) is 87.1 Å². The van der Waals surface area contributed by atoms with E-state index in [1.165, 1.54) is 19.1 Å². The zero-order valence-corrected chi connectivity index (χ0v) is 22.3. The van der Waals surface area contributed by atoms with E-state index in [0.29, 0.717) is 34.9 Å². The van der Waals surface area contributed by atoms with Crippen LogP contribution in [0, 0.1) is 11.7 Å². The van der Waals surface area contributed by atoms with Crippen LogP contribution in [0.4, 0.5) is 4.39 Å². The molecule has 7 nitrogen and oxygen atoms in total. The van der Waals surface area contributed by atoms with Crippen LogP contribution in [-0.2, 0) is 21.6 Å². The van der Waals surface area contributed by atoms with Gasteiger partial charge in [-0.3, -0.25) is 4.90 Å². The largest absolute Gasteiger partial charge is 0.381 e. The molecule has 0 aliphatic carbocycles. The van der Waals surface area contributed by atoms with Crippen molar-refractivity contribution in [2.24, 2.45) is 13.0 Å². The molecule has 0 spiro atoms. The van der Waals surface area contributed by atoms with Crippen LogP contribution >= 0.6 is 0 Å². The smallest absolute Gasteiger partial charge is 0.175 e. The molecule has 37 heavy (non-hydrogen) atoms. The lowest BCUT2D eigenvalue weighted by Gasteiger charge is -2.50. The fourth-order valence-corrected chi connectivity index (χ4v) is 7.16. The average molecular weight is 527 g/mol. The molecule has 3 fully saturated rings. The first-order chi connectivity index (χ1) is 17.8. The van der Waals surface area contributed by atoms with Gasteiger partial charge in [0.15, 0.2) is 15.7 Å². The highest BCUT2D eigenvalue weighted by Gasteiger charge is 2.41. The van der Waals surface area contributed by atoms with Gasteiger partial charge in [-0.1, -0.05) is 6.07 Å². The summed E-state index contributed by atoms with van der Waals surface area (Å²) in [6.45, 7) is 4.76. The molecule has 1 N–H and O–H groups in total. The molecule has 198 valence electrons. The van der Waals surface area contributed by atoms with Crippen molar-refractivity contribution >= 4 is 20.9 Å².